The lowest BCUT2D eigenvalue weighted by atomic mass is 10.1. The molecule has 1 amide bonds. The summed E-state index contributed by atoms with van der Waals surface area (Å²) in [6.45, 7) is 3.36. The van der Waals surface area contributed by atoms with E-state index in [1.165, 1.54) is 5.56 Å². The van der Waals surface area contributed by atoms with E-state index in [1.807, 2.05) is 48.2 Å². The highest BCUT2D eigenvalue weighted by Gasteiger charge is 2.32. The second-order valence-electron chi connectivity index (χ2n) is 5.39. The molecule has 0 aliphatic carbocycles. The number of ether oxygens (including phenoxy) is 1. The number of amides is 1. The lowest BCUT2D eigenvalue weighted by molar-refractivity contribution is -0.139. The zero-order valence-electron chi connectivity index (χ0n) is 12.0. The van der Waals surface area contributed by atoms with E-state index >= 15 is 0 Å². The highest BCUT2D eigenvalue weighted by molar-refractivity contribution is 5.79. The molecule has 1 aromatic carbocycles. The molecular formula is C17H18N2O2. The number of hydrogen-bond donors (Lipinski definition) is 0. The van der Waals surface area contributed by atoms with Crippen LogP contribution in [0.25, 0.3) is 0 Å². The van der Waals surface area contributed by atoms with Crippen molar-refractivity contribution in [1.29, 1.82) is 0 Å². The quantitative estimate of drug-likeness (QED) is 0.863. The van der Waals surface area contributed by atoms with Crippen LogP contribution in [-0.4, -0.2) is 35.0 Å². The molecule has 1 fully saturated rings. The van der Waals surface area contributed by atoms with Gasteiger partial charge in [0, 0.05) is 12.4 Å². The Morgan fingerprint density at radius 3 is 2.90 bits per heavy atom. The Morgan fingerprint density at radius 1 is 1.33 bits per heavy atom. The fourth-order valence-corrected chi connectivity index (χ4v) is 2.39. The van der Waals surface area contributed by atoms with Crippen molar-refractivity contribution in [2.24, 2.45) is 0 Å². The minimum absolute atomic E-state index is 0.102. The van der Waals surface area contributed by atoms with Gasteiger partial charge in [0.15, 0.2) is 0 Å². The van der Waals surface area contributed by atoms with Crippen molar-refractivity contribution in [2.75, 3.05) is 13.1 Å². The van der Waals surface area contributed by atoms with Crippen LogP contribution in [0.1, 0.15) is 11.1 Å². The van der Waals surface area contributed by atoms with Crippen molar-refractivity contribution in [1.82, 2.24) is 9.88 Å². The summed E-state index contributed by atoms with van der Waals surface area (Å²) < 4.78 is 5.86. The zero-order valence-corrected chi connectivity index (χ0v) is 12.0. The lowest BCUT2D eigenvalue weighted by Crippen LogP contribution is -2.56. The summed E-state index contributed by atoms with van der Waals surface area (Å²) >= 11 is 0. The van der Waals surface area contributed by atoms with Crippen molar-refractivity contribution < 1.29 is 9.53 Å². The molecule has 1 aromatic heterocycles. The minimum Gasteiger partial charge on any atom is -0.487 e. The Labute approximate surface area is 124 Å². The topological polar surface area (TPSA) is 42.4 Å². The van der Waals surface area contributed by atoms with Crippen LogP contribution in [0.5, 0.6) is 5.75 Å². The maximum absolute atomic E-state index is 12.1. The average Bonchev–Trinajstić information content (AvgIpc) is 2.43. The molecule has 2 aromatic rings. The molecule has 4 heteroatoms. The number of pyridine rings is 1. The first kappa shape index (κ1) is 13.6. The van der Waals surface area contributed by atoms with Gasteiger partial charge in [-0.1, -0.05) is 18.2 Å². The van der Waals surface area contributed by atoms with Crippen LogP contribution in [0.4, 0.5) is 0 Å². The largest absolute Gasteiger partial charge is 0.487 e. The number of benzene rings is 1. The van der Waals surface area contributed by atoms with Gasteiger partial charge >= 0.3 is 0 Å². The molecular weight excluding hydrogens is 264 g/mol. The van der Waals surface area contributed by atoms with Crippen LogP contribution in [-0.2, 0) is 11.2 Å². The number of nitrogens with zero attached hydrogens (tertiary/aromatic N) is 2. The standard InChI is InChI=1S/C17H18N2O2/c1-13-4-2-6-15(8-13)21-16-11-19(12-16)17(20)9-14-5-3-7-18-10-14/h2-8,10,16H,9,11-12H2,1H3. The highest BCUT2D eigenvalue weighted by Crippen LogP contribution is 2.19. The molecule has 21 heavy (non-hydrogen) atoms. The number of rotatable bonds is 4. The van der Waals surface area contributed by atoms with Crippen LogP contribution >= 0.6 is 0 Å². The Morgan fingerprint density at radius 2 is 2.19 bits per heavy atom. The number of aryl methyl sites for hydroxylation is 1. The molecule has 0 N–H and O–H groups in total. The molecule has 0 bridgehead atoms. The molecule has 4 nitrogen and oxygen atoms in total. The summed E-state index contributed by atoms with van der Waals surface area (Å²) in [4.78, 5) is 17.9. The Bertz CT molecular complexity index is 622. The van der Waals surface area contributed by atoms with Crippen LogP contribution in [0.15, 0.2) is 48.8 Å². The Hall–Kier alpha value is -2.36. The third kappa shape index (κ3) is 3.40. The van der Waals surface area contributed by atoms with E-state index in [0.717, 1.165) is 11.3 Å². The summed E-state index contributed by atoms with van der Waals surface area (Å²) in [7, 11) is 0. The zero-order chi connectivity index (χ0) is 14.7. The number of aromatic nitrogens is 1. The molecule has 3 rings (SSSR count). The predicted octanol–water partition coefficient (Wildman–Crippen LogP) is 2.22. The number of hydrogen-bond acceptors (Lipinski definition) is 3. The third-order valence-corrected chi connectivity index (χ3v) is 3.57. The van der Waals surface area contributed by atoms with Gasteiger partial charge in [-0.2, -0.15) is 0 Å². The predicted molar refractivity (Wildman–Crippen MR) is 80.1 cm³/mol. The second-order valence-corrected chi connectivity index (χ2v) is 5.39. The third-order valence-electron chi connectivity index (χ3n) is 3.57. The van der Waals surface area contributed by atoms with Crippen LogP contribution in [0.3, 0.4) is 0 Å². The van der Waals surface area contributed by atoms with Crippen LogP contribution in [0.2, 0.25) is 0 Å². The van der Waals surface area contributed by atoms with Crippen LogP contribution in [0, 0.1) is 6.92 Å². The van der Waals surface area contributed by atoms with Gasteiger partial charge in [0.05, 0.1) is 19.5 Å². The lowest BCUT2D eigenvalue weighted by Gasteiger charge is -2.39. The van der Waals surface area contributed by atoms with E-state index in [9.17, 15) is 4.79 Å². The molecule has 0 saturated carbocycles. The molecule has 1 aliphatic rings. The molecule has 0 unspecified atom stereocenters. The minimum atomic E-state index is 0.102. The van der Waals surface area contributed by atoms with Crippen LogP contribution < -0.4 is 4.74 Å². The fraction of sp³-hybridized carbons (Fsp3) is 0.294. The molecule has 108 valence electrons. The smallest absolute Gasteiger partial charge is 0.227 e. The van der Waals surface area contributed by atoms with Gasteiger partial charge in [-0.05, 0) is 36.2 Å². The SMILES string of the molecule is Cc1cccc(OC2CN(C(=O)Cc3cccnc3)C2)c1. The average molecular weight is 282 g/mol. The van der Waals surface area contributed by atoms with Gasteiger partial charge in [-0.3, -0.25) is 9.78 Å². The van der Waals surface area contributed by atoms with E-state index in [2.05, 4.69) is 4.98 Å². The van der Waals surface area contributed by atoms with Gasteiger partial charge in [0.1, 0.15) is 11.9 Å². The van der Waals surface area contributed by atoms with Crippen molar-refractivity contribution in [3.05, 3.63) is 59.9 Å². The van der Waals surface area contributed by atoms with Gasteiger partial charge in [-0.15, -0.1) is 0 Å². The van der Waals surface area contributed by atoms with Gasteiger partial charge in [-0.25, -0.2) is 0 Å². The Balaban J connectivity index is 1.48. The van der Waals surface area contributed by atoms with Gasteiger partial charge in [0.25, 0.3) is 0 Å². The van der Waals surface area contributed by atoms with Crippen molar-refractivity contribution in [3.63, 3.8) is 0 Å². The van der Waals surface area contributed by atoms with Gasteiger partial charge in [0.2, 0.25) is 5.91 Å². The first-order valence-electron chi connectivity index (χ1n) is 7.11. The summed E-state index contributed by atoms with van der Waals surface area (Å²) in [6, 6.07) is 11.8. The first-order chi connectivity index (χ1) is 10.2. The summed E-state index contributed by atoms with van der Waals surface area (Å²) in [5.74, 6) is 1.01. The van der Waals surface area contributed by atoms with E-state index < -0.39 is 0 Å². The normalized spacial score (nSPS) is 14.6. The fourth-order valence-electron chi connectivity index (χ4n) is 2.39. The van der Waals surface area contributed by atoms with E-state index in [1.54, 1.807) is 12.4 Å². The number of carbonyl (C=O) groups excluding carboxylic acids is 1. The molecule has 1 aliphatic heterocycles. The monoisotopic (exact) mass is 282 g/mol. The molecule has 1 saturated heterocycles. The second kappa shape index (κ2) is 5.95. The van der Waals surface area contributed by atoms with Gasteiger partial charge < -0.3 is 9.64 Å². The maximum Gasteiger partial charge on any atom is 0.227 e. The molecule has 2 heterocycles. The van der Waals surface area contributed by atoms with E-state index in [4.69, 9.17) is 4.74 Å². The molecule has 0 radical (unpaired) electrons. The van der Waals surface area contributed by atoms with Crippen molar-refractivity contribution in [2.45, 2.75) is 19.4 Å². The first-order valence-corrected chi connectivity index (χ1v) is 7.11. The van der Waals surface area contributed by atoms with E-state index in [0.29, 0.717) is 19.5 Å². The number of likely N-dealkylation sites (tertiary alicyclic amines) is 1. The van der Waals surface area contributed by atoms with Crippen molar-refractivity contribution >= 4 is 5.91 Å². The molecule has 0 atom stereocenters. The number of carbonyl (C=O) groups is 1. The van der Waals surface area contributed by atoms with E-state index in [-0.39, 0.29) is 12.0 Å². The maximum atomic E-state index is 12.1. The highest BCUT2D eigenvalue weighted by atomic mass is 16.5. The van der Waals surface area contributed by atoms with Crippen molar-refractivity contribution in [3.8, 4) is 5.75 Å². The Kier molecular flexibility index (Phi) is 3.86. The summed E-state index contributed by atoms with van der Waals surface area (Å²) in [5.41, 5.74) is 2.13. The molecule has 0 spiro atoms. The summed E-state index contributed by atoms with van der Waals surface area (Å²) in [6.07, 6.45) is 3.96. The summed E-state index contributed by atoms with van der Waals surface area (Å²) in [5, 5.41) is 0.